The summed E-state index contributed by atoms with van der Waals surface area (Å²) in [6.45, 7) is 5.68. The fraction of sp³-hybridized carbons (Fsp3) is 0.375. The van der Waals surface area contributed by atoms with Crippen LogP contribution in [0, 0.1) is 5.92 Å². The summed E-state index contributed by atoms with van der Waals surface area (Å²) in [5.74, 6) is -0.529. The predicted octanol–water partition coefficient (Wildman–Crippen LogP) is 2.33. The number of amides is 3. The predicted molar refractivity (Wildman–Crippen MR) is 119 cm³/mol. The molecule has 2 aromatic rings. The van der Waals surface area contributed by atoms with Gasteiger partial charge in [-0.05, 0) is 35.6 Å². The molecule has 0 heterocycles. The number of primary amides is 1. The van der Waals surface area contributed by atoms with Gasteiger partial charge in [0, 0.05) is 13.3 Å². The van der Waals surface area contributed by atoms with Crippen molar-refractivity contribution in [2.75, 3.05) is 0 Å². The van der Waals surface area contributed by atoms with Gasteiger partial charge in [0.1, 0.15) is 24.4 Å². The molecule has 4 N–H and O–H groups in total. The lowest BCUT2D eigenvalue weighted by molar-refractivity contribution is -0.131. The number of carbonyl (C=O) groups is 3. The maximum absolute atomic E-state index is 12.7. The maximum Gasteiger partial charge on any atom is 0.243 e. The van der Waals surface area contributed by atoms with Gasteiger partial charge >= 0.3 is 0 Å². The van der Waals surface area contributed by atoms with E-state index in [2.05, 4.69) is 10.6 Å². The summed E-state index contributed by atoms with van der Waals surface area (Å²) in [6.07, 6.45) is 0.678. The van der Waals surface area contributed by atoms with E-state index in [9.17, 15) is 14.4 Å². The number of carbonyl (C=O) groups excluding carboxylic acids is 3. The molecule has 7 heteroatoms. The molecule has 0 radical (unpaired) electrons. The van der Waals surface area contributed by atoms with E-state index in [0.717, 1.165) is 11.1 Å². The van der Waals surface area contributed by atoms with E-state index >= 15 is 0 Å². The Bertz CT molecular complexity index is 883. The van der Waals surface area contributed by atoms with Crippen LogP contribution in [-0.4, -0.2) is 29.8 Å². The molecule has 0 saturated carbocycles. The molecule has 166 valence electrons. The van der Waals surface area contributed by atoms with Crippen LogP contribution in [0.5, 0.6) is 5.75 Å². The number of hydrogen-bond acceptors (Lipinski definition) is 4. The Morgan fingerprint density at radius 1 is 0.935 bits per heavy atom. The molecule has 0 bridgehead atoms. The highest BCUT2D eigenvalue weighted by Crippen LogP contribution is 2.17. The summed E-state index contributed by atoms with van der Waals surface area (Å²) >= 11 is 0. The molecule has 2 rings (SSSR count). The number of rotatable bonds is 11. The first kappa shape index (κ1) is 23.9. The van der Waals surface area contributed by atoms with E-state index in [1.54, 1.807) is 0 Å². The third-order valence-electron chi connectivity index (χ3n) is 4.65. The highest BCUT2D eigenvalue weighted by molar-refractivity contribution is 5.91. The molecule has 2 atom stereocenters. The number of ether oxygens (including phenoxy) is 1. The van der Waals surface area contributed by atoms with E-state index in [-0.39, 0.29) is 18.2 Å². The molecule has 0 aliphatic rings. The Labute approximate surface area is 183 Å². The highest BCUT2D eigenvalue weighted by Gasteiger charge is 2.25. The Balaban J connectivity index is 2.04. The third-order valence-corrected chi connectivity index (χ3v) is 4.65. The average molecular weight is 426 g/mol. The molecule has 0 aliphatic carbocycles. The van der Waals surface area contributed by atoms with Crippen LogP contribution in [0.25, 0.3) is 0 Å². The summed E-state index contributed by atoms with van der Waals surface area (Å²) in [5.41, 5.74) is 7.38. The largest absolute Gasteiger partial charge is 0.489 e. The standard InChI is InChI=1S/C24H31N3O4/c1-16(2)12-22(26-17(3)28)24(30)27-21(23(25)29)14-19-10-7-11-20(13-19)31-15-18-8-5-4-6-9-18/h4-11,13,16,21-22H,12,14-15H2,1-3H3,(H2,25,29)(H,26,28)(H,27,30)/t21-,22+/m1/s1. The number of benzene rings is 2. The van der Waals surface area contributed by atoms with Crippen molar-refractivity contribution in [2.45, 2.75) is 52.3 Å². The molecule has 3 amide bonds. The molecular weight excluding hydrogens is 394 g/mol. The lowest BCUT2D eigenvalue weighted by Gasteiger charge is -2.23. The van der Waals surface area contributed by atoms with Gasteiger partial charge in [-0.15, -0.1) is 0 Å². The van der Waals surface area contributed by atoms with Gasteiger partial charge in [0.05, 0.1) is 0 Å². The fourth-order valence-electron chi connectivity index (χ4n) is 3.18. The first-order valence-corrected chi connectivity index (χ1v) is 10.4. The minimum Gasteiger partial charge on any atom is -0.489 e. The second-order valence-electron chi connectivity index (χ2n) is 7.97. The van der Waals surface area contributed by atoms with Crippen LogP contribution in [0.15, 0.2) is 54.6 Å². The van der Waals surface area contributed by atoms with Crippen molar-refractivity contribution in [3.05, 3.63) is 65.7 Å². The normalized spacial score (nSPS) is 12.6. The number of hydrogen-bond donors (Lipinski definition) is 3. The van der Waals surface area contributed by atoms with Crippen LogP contribution in [0.2, 0.25) is 0 Å². The zero-order valence-electron chi connectivity index (χ0n) is 18.3. The van der Waals surface area contributed by atoms with Gasteiger partial charge in [0.2, 0.25) is 17.7 Å². The molecule has 0 fully saturated rings. The summed E-state index contributed by atoms with van der Waals surface area (Å²) < 4.78 is 5.83. The molecule has 2 aromatic carbocycles. The maximum atomic E-state index is 12.7. The van der Waals surface area contributed by atoms with Crippen LogP contribution < -0.4 is 21.1 Å². The summed E-state index contributed by atoms with van der Waals surface area (Å²) in [7, 11) is 0. The van der Waals surface area contributed by atoms with Crippen molar-refractivity contribution < 1.29 is 19.1 Å². The van der Waals surface area contributed by atoms with E-state index in [0.29, 0.717) is 18.8 Å². The van der Waals surface area contributed by atoms with Crippen molar-refractivity contribution in [2.24, 2.45) is 11.7 Å². The number of nitrogens with two attached hydrogens (primary N) is 1. The van der Waals surface area contributed by atoms with Gasteiger partial charge in [0.25, 0.3) is 0 Å². The van der Waals surface area contributed by atoms with Gasteiger partial charge < -0.3 is 21.1 Å². The van der Waals surface area contributed by atoms with Crippen LogP contribution >= 0.6 is 0 Å². The second-order valence-corrected chi connectivity index (χ2v) is 7.97. The van der Waals surface area contributed by atoms with Gasteiger partial charge in [-0.2, -0.15) is 0 Å². The molecule has 7 nitrogen and oxygen atoms in total. The smallest absolute Gasteiger partial charge is 0.243 e. The van der Waals surface area contributed by atoms with Crippen LogP contribution in [0.1, 0.15) is 38.3 Å². The zero-order valence-corrected chi connectivity index (χ0v) is 18.3. The molecule has 0 aromatic heterocycles. The zero-order chi connectivity index (χ0) is 22.8. The van der Waals surface area contributed by atoms with Gasteiger partial charge in [0.15, 0.2) is 0 Å². The van der Waals surface area contributed by atoms with Gasteiger partial charge in [-0.25, -0.2) is 0 Å². The van der Waals surface area contributed by atoms with Crippen molar-refractivity contribution in [1.82, 2.24) is 10.6 Å². The Morgan fingerprint density at radius 2 is 1.61 bits per heavy atom. The molecule has 0 saturated heterocycles. The molecule has 0 spiro atoms. The topological polar surface area (TPSA) is 111 Å². The fourth-order valence-corrected chi connectivity index (χ4v) is 3.18. The quantitative estimate of drug-likeness (QED) is 0.513. The van der Waals surface area contributed by atoms with E-state index in [1.165, 1.54) is 6.92 Å². The SMILES string of the molecule is CC(=O)N[C@@H](CC(C)C)C(=O)N[C@H](Cc1cccc(OCc2ccccc2)c1)C(N)=O. The monoisotopic (exact) mass is 425 g/mol. The molecule has 0 aliphatic heterocycles. The van der Waals surface area contributed by atoms with E-state index < -0.39 is 23.9 Å². The lowest BCUT2D eigenvalue weighted by atomic mass is 10.0. The van der Waals surface area contributed by atoms with E-state index in [1.807, 2.05) is 68.4 Å². The average Bonchev–Trinajstić information content (AvgIpc) is 2.71. The molecule has 31 heavy (non-hydrogen) atoms. The lowest BCUT2D eigenvalue weighted by Crippen LogP contribution is -2.53. The summed E-state index contributed by atoms with van der Waals surface area (Å²) in [4.78, 5) is 36.1. The molecular formula is C24H31N3O4. The highest BCUT2D eigenvalue weighted by atomic mass is 16.5. The Hall–Kier alpha value is -3.35. The van der Waals surface area contributed by atoms with Crippen LogP contribution in [-0.2, 0) is 27.4 Å². The van der Waals surface area contributed by atoms with Crippen molar-refractivity contribution in [1.29, 1.82) is 0 Å². The second kappa shape index (κ2) is 11.7. The van der Waals surface area contributed by atoms with Crippen LogP contribution in [0.4, 0.5) is 0 Å². The first-order chi connectivity index (χ1) is 14.7. The van der Waals surface area contributed by atoms with E-state index in [4.69, 9.17) is 10.5 Å². The molecule has 0 unspecified atom stereocenters. The van der Waals surface area contributed by atoms with Crippen molar-refractivity contribution in [3.8, 4) is 5.75 Å². The van der Waals surface area contributed by atoms with Crippen molar-refractivity contribution in [3.63, 3.8) is 0 Å². The Morgan fingerprint density at radius 3 is 2.23 bits per heavy atom. The number of nitrogens with one attached hydrogen (secondary N) is 2. The minimum absolute atomic E-state index is 0.188. The minimum atomic E-state index is -0.903. The van der Waals surface area contributed by atoms with Crippen molar-refractivity contribution >= 4 is 17.7 Å². The van der Waals surface area contributed by atoms with Gasteiger partial charge in [-0.3, -0.25) is 14.4 Å². The first-order valence-electron chi connectivity index (χ1n) is 10.4. The summed E-state index contributed by atoms with van der Waals surface area (Å²) in [5, 5.41) is 5.32. The Kier molecular flexibility index (Phi) is 9.06. The third kappa shape index (κ3) is 8.50. The van der Waals surface area contributed by atoms with Gasteiger partial charge in [-0.1, -0.05) is 56.3 Å². The summed E-state index contributed by atoms with van der Waals surface area (Å²) in [6, 6.07) is 15.5. The van der Waals surface area contributed by atoms with Crippen LogP contribution in [0.3, 0.4) is 0 Å².